The number of rotatable bonds is 6. The second kappa shape index (κ2) is 6.71. The number of aryl methyl sites for hydroxylation is 1. The fourth-order valence-corrected chi connectivity index (χ4v) is 7.62. The molecule has 1 aromatic rings. The summed E-state index contributed by atoms with van der Waals surface area (Å²) in [6.07, 6.45) is 4.13. The average molecular weight is 296 g/mol. The van der Waals surface area contributed by atoms with E-state index in [-0.39, 0.29) is 0 Å². The van der Waals surface area contributed by atoms with E-state index in [0.29, 0.717) is 0 Å². The molecule has 0 atom stereocenters. The summed E-state index contributed by atoms with van der Waals surface area (Å²) in [5.74, 6) is 0. The quantitative estimate of drug-likeness (QED) is 0.311. The van der Waals surface area contributed by atoms with Gasteiger partial charge in [0.1, 0.15) is 6.61 Å². The van der Waals surface area contributed by atoms with E-state index in [1.165, 1.54) is 47.1 Å². The lowest BCUT2D eigenvalue weighted by Crippen LogP contribution is -2.24. The highest BCUT2D eigenvalue weighted by atomic mass is 32.1. The number of thiophene rings is 1. The normalized spacial score (nSPS) is 18.8. The standard InChI is InChI=1S/C15H25NOSSi/c1-13-7-8-15(18-13)14(2)16-17-9-6-12-19(3)10-4-5-11-19/h7-8H,4-6,9-12H2,1-3H3/b16-14+. The molecule has 0 amide bonds. The van der Waals surface area contributed by atoms with Crippen molar-refractivity contribution in [3.63, 3.8) is 0 Å². The minimum absolute atomic E-state index is 0.782. The van der Waals surface area contributed by atoms with Crippen molar-refractivity contribution in [3.05, 3.63) is 21.9 Å². The minimum Gasteiger partial charge on any atom is -0.396 e. The van der Waals surface area contributed by atoms with Gasteiger partial charge in [0.2, 0.25) is 0 Å². The highest BCUT2D eigenvalue weighted by Crippen LogP contribution is 2.33. The molecule has 1 saturated heterocycles. The van der Waals surface area contributed by atoms with Crippen molar-refractivity contribution >= 4 is 25.1 Å². The first kappa shape index (κ1) is 14.8. The van der Waals surface area contributed by atoms with E-state index in [2.05, 4.69) is 30.8 Å². The van der Waals surface area contributed by atoms with Crippen LogP contribution >= 0.6 is 11.3 Å². The zero-order chi connectivity index (χ0) is 13.7. The maximum absolute atomic E-state index is 5.48. The van der Waals surface area contributed by atoms with E-state index >= 15 is 0 Å². The minimum atomic E-state index is -0.850. The molecule has 4 heteroatoms. The molecule has 0 spiro atoms. The van der Waals surface area contributed by atoms with Crippen molar-refractivity contribution in [2.45, 2.75) is 57.8 Å². The van der Waals surface area contributed by atoms with Crippen molar-refractivity contribution in [2.24, 2.45) is 5.16 Å². The Morgan fingerprint density at radius 1 is 1.37 bits per heavy atom. The second-order valence-electron chi connectivity index (χ2n) is 6.04. The Labute approximate surface area is 121 Å². The fraction of sp³-hybridized carbons (Fsp3) is 0.667. The lowest BCUT2D eigenvalue weighted by atomic mass is 10.3. The van der Waals surface area contributed by atoms with Crippen LogP contribution in [0.2, 0.25) is 24.7 Å². The maximum atomic E-state index is 5.48. The SMILES string of the molecule is C/C(=N\OCCC[Si]1(C)CCCC1)c1ccc(C)s1. The molecular weight excluding hydrogens is 270 g/mol. The summed E-state index contributed by atoms with van der Waals surface area (Å²) in [5.41, 5.74) is 1.00. The van der Waals surface area contributed by atoms with E-state index < -0.39 is 8.07 Å². The molecule has 1 aliphatic rings. The van der Waals surface area contributed by atoms with Gasteiger partial charge in [0, 0.05) is 4.88 Å². The van der Waals surface area contributed by atoms with Gasteiger partial charge < -0.3 is 4.84 Å². The summed E-state index contributed by atoms with van der Waals surface area (Å²) in [4.78, 5) is 8.02. The number of nitrogens with zero attached hydrogens (tertiary/aromatic N) is 1. The van der Waals surface area contributed by atoms with Crippen LogP contribution in [0, 0.1) is 6.92 Å². The summed E-state index contributed by atoms with van der Waals surface area (Å²) in [7, 11) is -0.850. The maximum Gasteiger partial charge on any atom is 0.116 e. The summed E-state index contributed by atoms with van der Waals surface area (Å²) in [6, 6.07) is 8.73. The van der Waals surface area contributed by atoms with E-state index in [1.807, 2.05) is 6.92 Å². The zero-order valence-electron chi connectivity index (χ0n) is 12.4. The Kier molecular flexibility index (Phi) is 5.22. The first-order valence-corrected chi connectivity index (χ1v) is 11.3. The predicted octanol–water partition coefficient (Wildman–Crippen LogP) is 5.06. The van der Waals surface area contributed by atoms with Gasteiger partial charge in [-0.15, -0.1) is 11.3 Å². The largest absolute Gasteiger partial charge is 0.396 e. The van der Waals surface area contributed by atoms with Crippen LogP contribution in [0.15, 0.2) is 17.3 Å². The summed E-state index contributed by atoms with van der Waals surface area (Å²) in [6.45, 7) is 7.49. The number of hydrogen-bond acceptors (Lipinski definition) is 3. The van der Waals surface area contributed by atoms with Gasteiger partial charge in [0.15, 0.2) is 0 Å². The van der Waals surface area contributed by atoms with Gasteiger partial charge in [-0.25, -0.2) is 0 Å². The summed E-state index contributed by atoms with van der Waals surface area (Å²) in [5, 5.41) is 4.24. The number of hydrogen-bond donors (Lipinski definition) is 0. The van der Waals surface area contributed by atoms with Crippen LogP contribution in [-0.2, 0) is 4.84 Å². The van der Waals surface area contributed by atoms with Crippen molar-refractivity contribution in [1.29, 1.82) is 0 Å². The predicted molar refractivity (Wildman–Crippen MR) is 87.1 cm³/mol. The van der Waals surface area contributed by atoms with E-state index in [4.69, 9.17) is 4.84 Å². The zero-order valence-corrected chi connectivity index (χ0v) is 14.2. The smallest absolute Gasteiger partial charge is 0.116 e. The van der Waals surface area contributed by atoms with Crippen LogP contribution < -0.4 is 0 Å². The van der Waals surface area contributed by atoms with E-state index in [0.717, 1.165) is 12.3 Å². The third-order valence-corrected chi connectivity index (χ3v) is 9.92. The van der Waals surface area contributed by atoms with E-state index in [1.54, 1.807) is 11.3 Å². The molecule has 1 aromatic heterocycles. The Morgan fingerprint density at radius 2 is 2.11 bits per heavy atom. The third-order valence-electron chi connectivity index (χ3n) is 4.13. The van der Waals surface area contributed by atoms with Crippen LogP contribution in [0.5, 0.6) is 0 Å². The Bertz CT molecular complexity index is 435. The molecule has 0 aliphatic carbocycles. The molecule has 1 aliphatic heterocycles. The lowest BCUT2D eigenvalue weighted by Gasteiger charge is -2.19. The summed E-state index contributed by atoms with van der Waals surface area (Å²) < 4.78 is 0. The van der Waals surface area contributed by atoms with Crippen LogP contribution in [0.3, 0.4) is 0 Å². The van der Waals surface area contributed by atoms with Gasteiger partial charge in [-0.1, -0.05) is 42.7 Å². The monoisotopic (exact) mass is 295 g/mol. The molecule has 0 bridgehead atoms. The van der Waals surface area contributed by atoms with Gasteiger partial charge in [0.05, 0.1) is 18.7 Å². The number of oxime groups is 1. The third kappa shape index (κ3) is 4.46. The van der Waals surface area contributed by atoms with E-state index in [9.17, 15) is 0 Å². The van der Waals surface area contributed by atoms with Gasteiger partial charge in [-0.2, -0.15) is 0 Å². The van der Waals surface area contributed by atoms with Crippen LogP contribution in [0.1, 0.15) is 35.9 Å². The fourth-order valence-electron chi connectivity index (χ4n) is 2.86. The molecule has 2 heterocycles. The van der Waals surface area contributed by atoms with Gasteiger partial charge in [0.25, 0.3) is 0 Å². The lowest BCUT2D eigenvalue weighted by molar-refractivity contribution is 0.145. The van der Waals surface area contributed by atoms with Crippen molar-refractivity contribution in [2.75, 3.05) is 6.61 Å². The highest BCUT2D eigenvalue weighted by molar-refractivity contribution is 7.14. The first-order valence-electron chi connectivity index (χ1n) is 7.32. The summed E-state index contributed by atoms with van der Waals surface area (Å²) >= 11 is 1.78. The molecule has 2 rings (SSSR count). The molecule has 0 N–H and O–H groups in total. The second-order valence-corrected chi connectivity index (χ2v) is 12.5. The molecule has 106 valence electrons. The molecule has 19 heavy (non-hydrogen) atoms. The van der Waals surface area contributed by atoms with Gasteiger partial charge in [-0.3, -0.25) is 0 Å². The first-order chi connectivity index (χ1) is 9.09. The van der Waals surface area contributed by atoms with Crippen molar-refractivity contribution in [1.82, 2.24) is 0 Å². The molecule has 1 fully saturated rings. The molecule has 2 nitrogen and oxygen atoms in total. The van der Waals surface area contributed by atoms with Crippen LogP contribution in [0.4, 0.5) is 0 Å². The molecule has 0 saturated carbocycles. The van der Waals surface area contributed by atoms with Gasteiger partial charge in [-0.05, 0) is 32.4 Å². The topological polar surface area (TPSA) is 21.6 Å². The van der Waals surface area contributed by atoms with Crippen molar-refractivity contribution < 1.29 is 4.84 Å². The average Bonchev–Trinajstić information content (AvgIpc) is 2.98. The molecule has 0 unspecified atom stereocenters. The highest BCUT2D eigenvalue weighted by Gasteiger charge is 2.29. The Hall–Kier alpha value is -0.613. The van der Waals surface area contributed by atoms with Crippen LogP contribution in [-0.4, -0.2) is 20.4 Å². The Balaban J connectivity index is 1.68. The van der Waals surface area contributed by atoms with Crippen molar-refractivity contribution in [3.8, 4) is 0 Å². The van der Waals surface area contributed by atoms with Gasteiger partial charge >= 0.3 is 0 Å². The van der Waals surface area contributed by atoms with Crippen LogP contribution in [0.25, 0.3) is 0 Å². The molecule has 0 radical (unpaired) electrons. The molecular formula is C15H25NOSSi. The molecule has 0 aromatic carbocycles. The Morgan fingerprint density at radius 3 is 2.74 bits per heavy atom.